The first-order valence-corrected chi connectivity index (χ1v) is 9.12. The molecule has 1 N–H and O–H groups in total. The maximum atomic E-state index is 14.4. The minimum absolute atomic E-state index is 0.0575. The predicted octanol–water partition coefficient (Wildman–Crippen LogP) is 4.28. The van der Waals surface area contributed by atoms with Gasteiger partial charge in [0.25, 0.3) is 0 Å². The van der Waals surface area contributed by atoms with E-state index in [1.54, 1.807) is 6.07 Å². The van der Waals surface area contributed by atoms with Crippen molar-refractivity contribution in [3.8, 4) is 23.0 Å². The second kappa shape index (κ2) is 8.52. The van der Waals surface area contributed by atoms with Crippen LogP contribution in [0.3, 0.4) is 0 Å². The van der Waals surface area contributed by atoms with Crippen LogP contribution < -0.4 is 9.47 Å². The summed E-state index contributed by atoms with van der Waals surface area (Å²) in [5.41, 5.74) is 1.12. The third-order valence-electron chi connectivity index (χ3n) is 4.03. The topological polar surface area (TPSA) is 81.5 Å². The maximum Gasteiger partial charge on any atom is 0.303 e. The number of aromatic nitrogens is 2. The zero-order valence-corrected chi connectivity index (χ0v) is 15.6. The number of hydrogen-bond acceptors (Lipinski definition) is 5. The predicted molar refractivity (Wildman–Crippen MR) is 97.8 cm³/mol. The highest BCUT2D eigenvalue weighted by atomic mass is 35.5. The van der Waals surface area contributed by atoms with E-state index in [1.807, 2.05) is 6.92 Å². The lowest BCUT2D eigenvalue weighted by Crippen LogP contribution is -2.05. The molecule has 0 saturated heterocycles. The van der Waals surface area contributed by atoms with Crippen LogP contribution in [0.2, 0.25) is 5.02 Å². The first kappa shape index (κ1) is 19.4. The Kier molecular flexibility index (Phi) is 6.11. The van der Waals surface area contributed by atoms with Gasteiger partial charge in [-0.2, -0.15) is 4.98 Å². The highest BCUT2D eigenvalue weighted by Crippen LogP contribution is 2.33. The Bertz CT molecular complexity index is 819. The fourth-order valence-electron chi connectivity index (χ4n) is 2.45. The van der Waals surface area contributed by atoms with Gasteiger partial charge in [0.15, 0.2) is 17.4 Å². The maximum absolute atomic E-state index is 14.4. The number of benzene rings is 1. The van der Waals surface area contributed by atoms with Crippen molar-refractivity contribution in [1.29, 1.82) is 0 Å². The van der Waals surface area contributed by atoms with E-state index in [9.17, 15) is 9.18 Å². The van der Waals surface area contributed by atoms with Crippen LogP contribution >= 0.6 is 11.6 Å². The second-order valence-electron chi connectivity index (χ2n) is 6.54. The van der Waals surface area contributed by atoms with Crippen LogP contribution in [0.1, 0.15) is 31.4 Å². The molecule has 8 heteroatoms. The molecule has 0 bridgehead atoms. The monoisotopic (exact) mass is 394 g/mol. The van der Waals surface area contributed by atoms with Gasteiger partial charge in [-0.05, 0) is 44.2 Å². The Morgan fingerprint density at radius 3 is 2.74 bits per heavy atom. The van der Waals surface area contributed by atoms with Crippen molar-refractivity contribution in [1.82, 2.24) is 9.97 Å². The molecule has 0 spiro atoms. The number of carboxylic acid groups (broad SMARTS) is 1. The summed E-state index contributed by atoms with van der Waals surface area (Å²) in [6.45, 7) is 2.49. The second-order valence-corrected chi connectivity index (χ2v) is 6.95. The van der Waals surface area contributed by atoms with Crippen molar-refractivity contribution in [2.45, 2.75) is 32.6 Å². The van der Waals surface area contributed by atoms with Crippen LogP contribution in [0.5, 0.6) is 11.6 Å². The van der Waals surface area contributed by atoms with Crippen LogP contribution in [-0.2, 0) is 4.79 Å². The SMILES string of the molecule is Cc1cc(OCC2CC2)nc(-c2cc(F)c(OCCCC(=O)O)c(Cl)c2)n1. The molecule has 3 rings (SSSR count). The van der Waals surface area contributed by atoms with Crippen molar-refractivity contribution in [3.05, 3.63) is 34.7 Å². The third kappa shape index (κ3) is 5.53. The van der Waals surface area contributed by atoms with Gasteiger partial charge >= 0.3 is 5.97 Å². The summed E-state index contributed by atoms with van der Waals surface area (Å²) in [6, 6.07) is 4.51. The minimum Gasteiger partial charge on any atom is -0.489 e. The van der Waals surface area contributed by atoms with Gasteiger partial charge in [-0.1, -0.05) is 11.6 Å². The van der Waals surface area contributed by atoms with E-state index >= 15 is 0 Å². The molecular formula is C19H20ClFN2O4. The van der Waals surface area contributed by atoms with E-state index in [-0.39, 0.29) is 30.2 Å². The summed E-state index contributed by atoms with van der Waals surface area (Å²) in [6.07, 6.45) is 2.55. The number of hydrogen-bond donors (Lipinski definition) is 1. The molecular weight excluding hydrogens is 375 g/mol. The van der Waals surface area contributed by atoms with Gasteiger partial charge in [-0.25, -0.2) is 9.37 Å². The molecule has 0 unspecified atom stereocenters. The molecule has 0 amide bonds. The van der Waals surface area contributed by atoms with Crippen LogP contribution in [-0.4, -0.2) is 34.3 Å². The smallest absolute Gasteiger partial charge is 0.303 e. The molecule has 1 saturated carbocycles. The average molecular weight is 395 g/mol. The molecule has 1 fully saturated rings. The molecule has 1 aromatic heterocycles. The molecule has 0 radical (unpaired) electrons. The molecule has 1 aromatic carbocycles. The van der Waals surface area contributed by atoms with Gasteiger partial charge in [0, 0.05) is 23.7 Å². The first-order valence-electron chi connectivity index (χ1n) is 8.75. The summed E-state index contributed by atoms with van der Waals surface area (Å²) >= 11 is 6.15. The Hall–Kier alpha value is -2.41. The highest BCUT2D eigenvalue weighted by molar-refractivity contribution is 6.32. The molecule has 0 atom stereocenters. The highest BCUT2D eigenvalue weighted by Gasteiger charge is 2.22. The largest absolute Gasteiger partial charge is 0.489 e. The Morgan fingerprint density at radius 1 is 1.30 bits per heavy atom. The van der Waals surface area contributed by atoms with Crippen LogP contribution in [0, 0.1) is 18.7 Å². The molecule has 0 aliphatic heterocycles. The summed E-state index contributed by atoms with van der Waals surface area (Å²) in [4.78, 5) is 19.2. The van der Waals surface area contributed by atoms with Crippen molar-refractivity contribution >= 4 is 17.6 Å². The molecule has 6 nitrogen and oxygen atoms in total. The number of ether oxygens (including phenoxy) is 2. The van der Waals surface area contributed by atoms with Crippen molar-refractivity contribution < 1.29 is 23.8 Å². The number of rotatable bonds is 9. The summed E-state index contributed by atoms with van der Waals surface area (Å²) in [5, 5.41) is 8.69. The van der Waals surface area contributed by atoms with Crippen molar-refractivity contribution in [2.24, 2.45) is 5.92 Å². The average Bonchev–Trinajstić information content (AvgIpc) is 3.42. The van der Waals surface area contributed by atoms with Gasteiger partial charge in [-0.15, -0.1) is 0 Å². The van der Waals surface area contributed by atoms with E-state index in [1.165, 1.54) is 25.0 Å². The number of aryl methyl sites for hydroxylation is 1. The fourth-order valence-corrected chi connectivity index (χ4v) is 2.72. The zero-order chi connectivity index (χ0) is 19.4. The Balaban J connectivity index is 1.75. The van der Waals surface area contributed by atoms with Crippen molar-refractivity contribution in [2.75, 3.05) is 13.2 Å². The van der Waals surface area contributed by atoms with E-state index in [4.69, 9.17) is 26.2 Å². The number of halogens is 2. The summed E-state index contributed by atoms with van der Waals surface area (Å²) in [5.74, 6) is -0.332. The van der Waals surface area contributed by atoms with Gasteiger partial charge < -0.3 is 14.6 Å². The Morgan fingerprint density at radius 2 is 2.07 bits per heavy atom. The zero-order valence-electron chi connectivity index (χ0n) is 14.9. The van der Waals surface area contributed by atoms with Gasteiger partial charge in [0.05, 0.1) is 18.2 Å². The Labute approximate surface area is 161 Å². The number of carbonyl (C=O) groups is 1. The van der Waals surface area contributed by atoms with E-state index in [2.05, 4.69) is 9.97 Å². The van der Waals surface area contributed by atoms with Crippen molar-refractivity contribution in [3.63, 3.8) is 0 Å². The van der Waals surface area contributed by atoms with E-state index in [0.717, 1.165) is 0 Å². The molecule has 1 aliphatic carbocycles. The lowest BCUT2D eigenvalue weighted by Gasteiger charge is -2.11. The third-order valence-corrected chi connectivity index (χ3v) is 4.31. The minimum atomic E-state index is -0.933. The number of aliphatic carboxylic acids is 1. The van der Waals surface area contributed by atoms with Crippen LogP contribution in [0.15, 0.2) is 18.2 Å². The summed E-state index contributed by atoms with van der Waals surface area (Å²) < 4.78 is 25.4. The summed E-state index contributed by atoms with van der Waals surface area (Å²) in [7, 11) is 0. The molecule has 27 heavy (non-hydrogen) atoms. The number of nitrogens with zero attached hydrogens (tertiary/aromatic N) is 2. The van der Waals surface area contributed by atoms with Gasteiger partial charge in [0.2, 0.25) is 5.88 Å². The molecule has 1 aliphatic rings. The standard InChI is InChI=1S/C19H20ClFN2O4/c1-11-7-16(27-10-12-4-5-12)23-19(22-11)13-8-14(20)18(15(21)9-13)26-6-2-3-17(24)25/h7-9,12H,2-6,10H2,1H3,(H,24,25). The fraction of sp³-hybridized carbons (Fsp3) is 0.421. The van der Waals surface area contributed by atoms with Crippen LogP contribution in [0.25, 0.3) is 11.4 Å². The van der Waals surface area contributed by atoms with Gasteiger partial charge in [-0.3, -0.25) is 4.79 Å². The molecule has 1 heterocycles. The van der Waals surface area contributed by atoms with E-state index < -0.39 is 11.8 Å². The molecule has 2 aromatic rings. The van der Waals surface area contributed by atoms with Gasteiger partial charge in [0.1, 0.15) is 0 Å². The number of carboxylic acids is 1. The molecule has 144 valence electrons. The normalized spacial score (nSPS) is 13.4. The van der Waals surface area contributed by atoms with E-state index in [0.29, 0.717) is 35.5 Å². The lowest BCUT2D eigenvalue weighted by molar-refractivity contribution is -0.137. The van der Waals surface area contributed by atoms with Crippen LogP contribution in [0.4, 0.5) is 4.39 Å². The first-order chi connectivity index (χ1) is 12.9. The quantitative estimate of drug-likeness (QED) is 0.639. The lowest BCUT2D eigenvalue weighted by atomic mass is 10.2.